The molecular weight excluding hydrogens is 367 g/mol. The molecule has 0 N–H and O–H groups in total. The molecule has 1 atom stereocenters. The van der Waals surface area contributed by atoms with Gasteiger partial charge in [0.2, 0.25) is 0 Å². The van der Waals surface area contributed by atoms with Crippen molar-refractivity contribution in [3.8, 4) is 11.3 Å². The average Bonchev–Trinajstić information content (AvgIpc) is 3.21. The fraction of sp³-hybridized carbons (Fsp3) is 0.217. The third kappa shape index (κ3) is 3.77. The van der Waals surface area contributed by atoms with Crippen molar-refractivity contribution in [3.63, 3.8) is 0 Å². The van der Waals surface area contributed by atoms with Crippen LogP contribution in [0.5, 0.6) is 0 Å². The smallest absolute Gasteiger partial charge is 0.137 e. The number of hydrogen-bond acceptors (Lipinski definition) is 4. The molecule has 1 aromatic carbocycles. The Balaban J connectivity index is 1.39. The van der Waals surface area contributed by atoms with Gasteiger partial charge < -0.3 is 4.74 Å². The van der Waals surface area contributed by atoms with Crippen molar-refractivity contribution in [1.82, 2.24) is 19.3 Å². The minimum Gasteiger partial charge on any atom is -0.369 e. The molecule has 4 aromatic rings. The number of morpholine rings is 1. The Labute approximate surface area is 168 Å². The molecule has 1 saturated heterocycles. The molecule has 0 spiro atoms. The Morgan fingerprint density at radius 3 is 2.69 bits per heavy atom. The van der Waals surface area contributed by atoms with Crippen LogP contribution in [0.25, 0.3) is 16.9 Å². The summed E-state index contributed by atoms with van der Waals surface area (Å²) in [6.07, 6.45) is 5.57. The average molecular weight is 388 g/mol. The molecular formula is C23H21FN4O. The first kappa shape index (κ1) is 18.0. The van der Waals surface area contributed by atoms with Gasteiger partial charge in [-0.3, -0.25) is 14.3 Å². The van der Waals surface area contributed by atoms with Crippen molar-refractivity contribution >= 4 is 5.65 Å². The minimum atomic E-state index is -0.205. The highest BCUT2D eigenvalue weighted by Gasteiger charge is 2.24. The number of halogens is 1. The topological polar surface area (TPSA) is 42.7 Å². The van der Waals surface area contributed by atoms with Crippen LogP contribution in [0.15, 0.2) is 73.2 Å². The largest absolute Gasteiger partial charge is 0.369 e. The number of benzene rings is 1. The SMILES string of the molecule is Fc1ccc(CN2CCO[C@@H](c3cn4c(-c5ccncc5)cccc4n3)C2)cc1. The van der Waals surface area contributed by atoms with Gasteiger partial charge in [-0.25, -0.2) is 9.37 Å². The highest BCUT2D eigenvalue weighted by atomic mass is 19.1. The first-order valence-electron chi connectivity index (χ1n) is 9.73. The predicted octanol–water partition coefficient (Wildman–Crippen LogP) is 4.11. The zero-order valence-electron chi connectivity index (χ0n) is 15.9. The summed E-state index contributed by atoms with van der Waals surface area (Å²) in [4.78, 5) is 11.3. The lowest BCUT2D eigenvalue weighted by molar-refractivity contribution is -0.0347. The van der Waals surface area contributed by atoms with Gasteiger partial charge in [0.25, 0.3) is 0 Å². The molecule has 0 saturated carbocycles. The fourth-order valence-electron chi connectivity index (χ4n) is 3.82. The van der Waals surface area contributed by atoms with Crippen LogP contribution in [-0.2, 0) is 11.3 Å². The molecule has 0 aliphatic carbocycles. The maximum absolute atomic E-state index is 13.2. The second kappa shape index (κ2) is 7.73. The molecule has 0 bridgehead atoms. The summed E-state index contributed by atoms with van der Waals surface area (Å²) >= 11 is 0. The van der Waals surface area contributed by atoms with Crippen molar-refractivity contribution in [2.45, 2.75) is 12.6 Å². The fourth-order valence-corrected chi connectivity index (χ4v) is 3.82. The number of aromatic nitrogens is 3. The lowest BCUT2D eigenvalue weighted by Crippen LogP contribution is -2.37. The molecule has 3 aromatic heterocycles. The van der Waals surface area contributed by atoms with E-state index in [4.69, 9.17) is 9.72 Å². The van der Waals surface area contributed by atoms with Crippen molar-refractivity contribution < 1.29 is 9.13 Å². The van der Waals surface area contributed by atoms with Crippen LogP contribution in [0, 0.1) is 5.82 Å². The Bertz CT molecular complexity index is 1110. The van der Waals surface area contributed by atoms with E-state index in [1.165, 1.54) is 12.1 Å². The molecule has 1 aliphatic heterocycles. The Hall–Kier alpha value is -3.09. The number of nitrogens with zero attached hydrogens (tertiary/aromatic N) is 4. The Morgan fingerprint density at radius 1 is 1.03 bits per heavy atom. The summed E-state index contributed by atoms with van der Waals surface area (Å²) < 4.78 is 21.3. The molecule has 0 unspecified atom stereocenters. The van der Waals surface area contributed by atoms with Crippen LogP contribution in [0.1, 0.15) is 17.4 Å². The molecule has 29 heavy (non-hydrogen) atoms. The summed E-state index contributed by atoms with van der Waals surface area (Å²) in [6, 6.07) is 16.8. The molecule has 4 heterocycles. The molecule has 0 radical (unpaired) electrons. The highest BCUT2D eigenvalue weighted by Crippen LogP contribution is 2.26. The predicted molar refractivity (Wildman–Crippen MR) is 109 cm³/mol. The summed E-state index contributed by atoms with van der Waals surface area (Å²) in [5.74, 6) is -0.205. The third-order valence-corrected chi connectivity index (χ3v) is 5.29. The summed E-state index contributed by atoms with van der Waals surface area (Å²) in [7, 11) is 0. The number of hydrogen-bond donors (Lipinski definition) is 0. The molecule has 1 aliphatic rings. The number of pyridine rings is 2. The van der Waals surface area contributed by atoms with Crippen LogP contribution in [0.4, 0.5) is 4.39 Å². The van der Waals surface area contributed by atoms with Gasteiger partial charge in [0.1, 0.15) is 17.6 Å². The zero-order valence-corrected chi connectivity index (χ0v) is 15.9. The molecule has 1 fully saturated rings. The summed E-state index contributed by atoms with van der Waals surface area (Å²) in [6.45, 7) is 3.03. The summed E-state index contributed by atoms with van der Waals surface area (Å²) in [5, 5.41) is 0. The summed E-state index contributed by atoms with van der Waals surface area (Å²) in [5.41, 5.74) is 5.09. The van der Waals surface area contributed by atoms with E-state index in [0.29, 0.717) is 6.61 Å². The van der Waals surface area contributed by atoms with E-state index < -0.39 is 0 Å². The van der Waals surface area contributed by atoms with Crippen LogP contribution < -0.4 is 0 Å². The van der Waals surface area contributed by atoms with Gasteiger partial charge in [-0.1, -0.05) is 18.2 Å². The van der Waals surface area contributed by atoms with Gasteiger partial charge in [0, 0.05) is 43.8 Å². The van der Waals surface area contributed by atoms with Gasteiger partial charge in [-0.2, -0.15) is 0 Å². The van der Waals surface area contributed by atoms with E-state index in [1.807, 2.05) is 36.4 Å². The standard InChI is InChI=1S/C23H21FN4O/c24-19-6-4-17(5-7-19)14-27-12-13-29-22(16-27)20-15-28-21(2-1-3-23(28)26-20)18-8-10-25-11-9-18/h1-11,15,22H,12-14,16H2/t22-/m1/s1. The lowest BCUT2D eigenvalue weighted by Gasteiger charge is -2.32. The Morgan fingerprint density at radius 2 is 1.86 bits per heavy atom. The Kier molecular flexibility index (Phi) is 4.79. The van der Waals surface area contributed by atoms with Gasteiger partial charge in [0.05, 0.1) is 18.0 Å². The highest BCUT2D eigenvalue weighted by molar-refractivity contribution is 5.63. The monoisotopic (exact) mass is 388 g/mol. The molecule has 5 rings (SSSR count). The van der Waals surface area contributed by atoms with Crippen LogP contribution in [0.2, 0.25) is 0 Å². The first-order valence-corrected chi connectivity index (χ1v) is 9.73. The lowest BCUT2D eigenvalue weighted by atomic mass is 10.1. The molecule has 6 heteroatoms. The quantitative estimate of drug-likeness (QED) is 0.528. The third-order valence-electron chi connectivity index (χ3n) is 5.29. The normalized spacial score (nSPS) is 17.6. The maximum atomic E-state index is 13.2. The first-order chi connectivity index (χ1) is 14.3. The molecule has 5 nitrogen and oxygen atoms in total. The van der Waals surface area contributed by atoms with Gasteiger partial charge >= 0.3 is 0 Å². The van der Waals surface area contributed by atoms with Gasteiger partial charge in [-0.05, 0) is 42.0 Å². The van der Waals surface area contributed by atoms with Crippen molar-refractivity contribution in [1.29, 1.82) is 0 Å². The van der Waals surface area contributed by atoms with Crippen molar-refractivity contribution in [3.05, 3.63) is 90.3 Å². The van der Waals surface area contributed by atoms with Gasteiger partial charge in [0.15, 0.2) is 0 Å². The second-order valence-corrected chi connectivity index (χ2v) is 7.26. The second-order valence-electron chi connectivity index (χ2n) is 7.26. The minimum absolute atomic E-state index is 0.0885. The molecule has 0 amide bonds. The van der Waals surface area contributed by atoms with E-state index >= 15 is 0 Å². The van der Waals surface area contributed by atoms with E-state index in [0.717, 1.165) is 47.8 Å². The van der Waals surface area contributed by atoms with Crippen molar-refractivity contribution in [2.75, 3.05) is 19.7 Å². The maximum Gasteiger partial charge on any atom is 0.137 e. The van der Waals surface area contributed by atoms with Crippen LogP contribution in [0.3, 0.4) is 0 Å². The van der Waals surface area contributed by atoms with E-state index in [1.54, 1.807) is 12.4 Å². The zero-order chi connectivity index (χ0) is 19.6. The van der Waals surface area contributed by atoms with E-state index in [2.05, 4.69) is 26.5 Å². The number of imidazole rings is 1. The number of ether oxygens (including phenoxy) is 1. The number of fused-ring (bicyclic) bond motifs is 1. The van der Waals surface area contributed by atoms with Crippen LogP contribution in [-0.4, -0.2) is 39.0 Å². The van der Waals surface area contributed by atoms with E-state index in [-0.39, 0.29) is 11.9 Å². The molecule has 146 valence electrons. The van der Waals surface area contributed by atoms with Crippen molar-refractivity contribution in [2.24, 2.45) is 0 Å². The van der Waals surface area contributed by atoms with Crippen LogP contribution >= 0.6 is 0 Å². The van der Waals surface area contributed by atoms with Gasteiger partial charge in [-0.15, -0.1) is 0 Å². The number of rotatable bonds is 4. The van der Waals surface area contributed by atoms with E-state index in [9.17, 15) is 4.39 Å².